The molecule has 2 N–H and O–H groups in total. The molecule has 7 nitrogen and oxygen atoms in total. The third kappa shape index (κ3) is 3.16. The number of aromatic nitrogens is 1. The lowest BCUT2D eigenvalue weighted by molar-refractivity contribution is -0.116. The summed E-state index contributed by atoms with van der Waals surface area (Å²) >= 11 is 0. The number of hydrogen-bond acceptors (Lipinski definition) is 4. The molecule has 2 aromatic carbocycles. The van der Waals surface area contributed by atoms with Crippen LogP contribution >= 0.6 is 0 Å². The highest BCUT2D eigenvalue weighted by Gasteiger charge is 2.36. The van der Waals surface area contributed by atoms with Crippen molar-refractivity contribution in [3.63, 3.8) is 0 Å². The lowest BCUT2D eigenvalue weighted by Gasteiger charge is -2.27. The van der Waals surface area contributed by atoms with Gasteiger partial charge in [-0.05, 0) is 18.2 Å². The number of amides is 1. The number of para-hydroxylation sites is 1. The van der Waals surface area contributed by atoms with Crippen LogP contribution in [0.3, 0.4) is 0 Å². The number of carboxylic acids is 1. The highest BCUT2D eigenvalue weighted by Crippen LogP contribution is 2.45. The number of ether oxygens (including phenoxy) is 2. The number of nitrogens with one attached hydrogen (secondary N) is 1. The molecule has 0 saturated carbocycles. The van der Waals surface area contributed by atoms with Crippen LogP contribution in [0.1, 0.15) is 34.0 Å². The molecule has 2 heterocycles. The molecule has 1 amide bonds. The highest BCUT2D eigenvalue weighted by atomic mass is 19.1. The Balaban J connectivity index is 2.00. The summed E-state index contributed by atoms with van der Waals surface area (Å²) in [5.74, 6) is -1.56. The fourth-order valence-electron chi connectivity index (χ4n) is 3.84. The number of carbonyl (C=O) groups is 2. The van der Waals surface area contributed by atoms with Gasteiger partial charge in [0.1, 0.15) is 22.9 Å². The van der Waals surface area contributed by atoms with Crippen LogP contribution in [0.5, 0.6) is 11.5 Å². The van der Waals surface area contributed by atoms with E-state index in [1.165, 1.54) is 31.0 Å². The zero-order valence-electron chi connectivity index (χ0n) is 16.3. The number of hydrogen-bond donors (Lipinski definition) is 2. The number of carboxylic acid groups (broad SMARTS) is 1. The minimum absolute atomic E-state index is 0.0488. The Kier molecular flexibility index (Phi) is 4.91. The normalized spacial score (nSPS) is 15.3. The van der Waals surface area contributed by atoms with Crippen LogP contribution in [-0.2, 0) is 4.79 Å². The molecule has 1 aliphatic heterocycles. The van der Waals surface area contributed by atoms with Crippen LogP contribution in [0.4, 0.5) is 10.1 Å². The molecule has 0 bridgehead atoms. The van der Waals surface area contributed by atoms with E-state index in [1.54, 1.807) is 36.4 Å². The molecule has 0 spiro atoms. The maximum Gasteiger partial charge on any atom is 0.339 e. The van der Waals surface area contributed by atoms with Crippen molar-refractivity contribution in [2.24, 2.45) is 0 Å². The molecule has 0 unspecified atom stereocenters. The topological polar surface area (TPSA) is 89.8 Å². The molecular formula is C22H19FN2O5. The molecule has 0 fully saturated rings. The third-order valence-electron chi connectivity index (χ3n) is 5.19. The summed E-state index contributed by atoms with van der Waals surface area (Å²) in [5.41, 5.74) is 1.38. The van der Waals surface area contributed by atoms with Crippen molar-refractivity contribution in [3.8, 4) is 17.2 Å². The van der Waals surface area contributed by atoms with Crippen molar-refractivity contribution in [2.75, 3.05) is 19.5 Å². The molecule has 8 heteroatoms. The van der Waals surface area contributed by atoms with Gasteiger partial charge in [-0.3, -0.25) is 4.79 Å². The van der Waals surface area contributed by atoms with Crippen molar-refractivity contribution in [1.82, 2.24) is 4.57 Å². The van der Waals surface area contributed by atoms with E-state index in [4.69, 9.17) is 9.47 Å². The predicted molar refractivity (Wildman–Crippen MR) is 107 cm³/mol. The van der Waals surface area contributed by atoms with Crippen LogP contribution in [0.25, 0.3) is 5.69 Å². The van der Waals surface area contributed by atoms with Crippen molar-refractivity contribution in [3.05, 3.63) is 71.3 Å². The smallest absolute Gasteiger partial charge is 0.339 e. The molecule has 3 aromatic rings. The average molecular weight is 410 g/mol. The van der Waals surface area contributed by atoms with E-state index in [-0.39, 0.29) is 29.3 Å². The molecule has 1 aromatic heterocycles. The van der Waals surface area contributed by atoms with Crippen molar-refractivity contribution >= 4 is 17.6 Å². The summed E-state index contributed by atoms with van der Waals surface area (Å²) in [5, 5.41) is 12.3. The number of carbonyl (C=O) groups excluding carboxylic acids is 1. The number of rotatable bonds is 5. The predicted octanol–water partition coefficient (Wildman–Crippen LogP) is 3.81. The first-order chi connectivity index (χ1) is 14.4. The van der Waals surface area contributed by atoms with Crippen LogP contribution in [-0.4, -0.2) is 35.8 Å². The van der Waals surface area contributed by atoms with Crippen LogP contribution < -0.4 is 14.8 Å². The Morgan fingerprint density at radius 2 is 1.97 bits per heavy atom. The second-order valence-corrected chi connectivity index (χ2v) is 6.84. The second-order valence-electron chi connectivity index (χ2n) is 6.84. The monoisotopic (exact) mass is 410 g/mol. The molecule has 1 atom stereocenters. The number of halogens is 1. The third-order valence-corrected chi connectivity index (χ3v) is 5.19. The van der Waals surface area contributed by atoms with E-state index < -0.39 is 17.7 Å². The van der Waals surface area contributed by atoms with Gasteiger partial charge in [-0.25, -0.2) is 9.18 Å². The first kappa shape index (κ1) is 19.5. The number of nitrogens with zero attached hydrogens (tertiary/aromatic N) is 1. The van der Waals surface area contributed by atoms with Gasteiger partial charge in [-0.2, -0.15) is 0 Å². The largest absolute Gasteiger partial charge is 0.497 e. The van der Waals surface area contributed by atoms with E-state index >= 15 is 0 Å². The summed E-state index contributed by atoms with van der Waals surface area (Å²) in [4.78, 5) is 24.3. The van der Waals surface area contributed by atoms with Gasteiger partial charge in [0.15, 0.2) is 0 Å². The lowest BCUT2D eigenvalue weighted by atomic mass is 9.87. The first-order valence-corrected chi connectivity index (χ1v) is 9.19. The Morgan fingerprint density at radius 1 is 1.20 bits per heavy atom. The fourth-order valence-corrected chi connectivity index (χ4v) is 3.84. The molecule has 0 aliphatic carbocycles. The van der Waals surface area contributed by atoms with E-state index in [2.05, 4.69) is 5.32 Å². The zero-order valence-corrected chi connectivity index (χ0v) is 16.3. The molecule has 30 heavy (non-hydrogen) atoms. The quantitative estimate of drug-likeness (QED) is 0.668. The van der Waals surface area contributed by atoms with Crippen LogP contribution in [0, 0.1) is 5.82 Å². The molecule has 1 aliphatic rings. The van der Waals surface area contributed by atoms with Crippen molar-refractivity contribution in [1.29, 1.82) is 0 Å². The summed E-state index contributed by atoms with van der Waals surface area (Å²) in [6.07, 6.45) is 1.38. The van der Waals surface area contributed by atoms with Gasteiger partial charge in [0.05, 0.1) is 31.3 Å². The Bertz CT molecular complexity index is 1150. The number of benzene rings is 2. The summed E-state index contributed by atoms with van der Waals surface area (Å²) in [7, 11) is 3.03. The maximum absolute atomic E-state index is 14.6. The van der Waals surface area contributed by atoms with Gasteiger partial charge in [-0.15, -0.1) is 0 Å². The Labute approximate surface area is 171 Å². The van der Waals surface area contributed by atoms with E-state index in [9.17, 15) is 19.1 Å². The van der Waals surface area contributed by atoms with Gasteiger partial charge in [0.25, 0.3) is 0 Å². The van der Waals surface area contributed by atoms with Crippen LogP contribution in [0.15, 0.2) is 48.7 Å². The van der Waals surface area contributed by atoms with Gasteiger partial charge in [0.2, 0.25) is 5.91 Å². The average Bonchev–Trinajstić information content (AvgIpc) is 3.12. The van der Waals surface area contributed by atoms with E-state index in [0.717, 1.165) is 0 Å². The van der Waals surface area contributed by atoms with E-state index in [1.807, 2.05) is 0 Å². The minimum atomic E-state index is -1.22. The molecular weight excluding hydrogens is 391 g/mol. The molecule has 0 saturated heterocycles. The summed E-state index contributed by atoms with van der Waals surface area (Å²) in [6, 6.07) is 11.3. The van der Waals surface area contributed by atoms with Gasteiger partial charge < -0.3 is 24.5 Å². The number of methoxy groups -OCH3 is 2. The molecule has 4 rings (SSSR count). The van der Waals surface area contributed by atoms with E-state index in [0.29, 0.717) is 22.8 Å². The maximum atomic E-state index is 14.6. The van der Waals surface area contributed by atoms with Gasteiger partial charge in [-0.1, -0.05) is 18.2 Å². The second kappa shape index (κ2) is 7.55. The number of anilines is 1. The zero-order chi connectivity index (χ0) is 21.4. The molecule has 154 valence electrons. The van der Waals surface area contributed by atoms with Crippen LogP contribution in [0.2, 0.25) is 0 Å². The molecule has 0 radical (unpaired) electrons. The first-order valence-electron chi connectivity index (χ1n) is 9.19. The van der Waals surface area contributed by atoms with Gasteiger partial charge in [0, 0.05) is 30.2 Å². The summed E-state index contributed by atoms with van der Waals surface area (Å²) < 4.78 is 26.8. The van der Waals surface area contributed by atoms with Crippen molar-refractivity contribution < 1.29 is 28.6 Å². The highest BCUT2D eigenvalue weighted by molar-refractivity contribution is 6.04. The Morgan fingerprint density at radius 3 is 2.63 bits per heavy atom. The Hall–Kier alpha value is -3.81. The lowest BCUT2D eigenvalue weighted by Crippen LogP contribution is -2.26. The standard InChI is InChI=1S/C22H19FN2O5/c1-29-12-7-8-13(18(9-12)30-2)14-10-19(26)24-20-15(22(27)28)11-25(21(14)20)17-6-4-3-5-16(17)23/h3-9,11,14H,10H2,1-2H3,(H,24,26)(H,27,28)/t14-/m1/s1. The van der Waals surface area contributed by atoms with Crippen molar-refractivity contribution in [2.45, 2.75) is 12.3 Å². The minimum Gasteiger partial charge on any atom is -0.497 e. The summed E-state index contributed by atoms with van der Waals surface area (Å²) in [6.45, 7) is 0. The SMILES string of the molecule is COc1ccc([C@H]2CC(=O)Nc3c(C(=O)O)cn(-c4ccccc4F)c32)c(OC)c1. The fraction of sp³-hybridized carbons (Fsp3) is 0.182. The number of fused-ring (bicyclic) bond motifs is 1. The number of aromatic carboxylic acids is 1. The van der Waals surface area contributed by atoms with Gasteiger partial charge >= 0.3 is 5.97 Å².